The van der Waals surface area contributed by atoms with E-state index in [4.69, 9.17) is 0 Å². The van der Waals surface area contributed by atoms with E-state index in [9.17, 15) is 27.9 Å². The van der Waals surface area contributed by atoms with Gasteiger partial charge in [-0.05, 0) is 42.3 Å². The largest absolute Gasteiger partial charge is 0.858 e. The summed E-state index contributed by atoms with van der Waals surface area (Å²) >= 11 is 0. The van der Waals surface area contributed by atoms with Gasteiger partial charge in [0, 0.05) is 17.1 Å². The first kappa shape index (κ1) is 17.6. The molecule has 2 aliphatic rings. The van der Waals surface area contributed by atoms with Crippen LogP contribution in [0.15, 0.2) is 54.0 Å². The molecule has 5 nitrogen and oxygen atoms in total. The first-order valence-corrected chi connectivity index (χ1v) is 8.15. The maximum Gasteiger partial charge on any atom is 0.416 e. The minimum absolute atomic E-state index is 0.0301. The number of rotatable bonds is 1. The van der Waals surface area contributed by atoms with Crippen LogP contribution in [-0.2, 0) is 12.6 Å². The van der Waals surface area contributed by atoms with Gasteiger partial charge in [0.05, 0.1) is 16.9 Å². The summed E-state index contributed by atoms with van der Waals surface area (Å²) in [5.74, 6) is -1.56. The summed E-state index contributed by atoms with van der Waals surface area (Å²) in [4.78, 5) is 0. The number of alkyl halides is 3. The lowest BCUT2D eigenvalue weighted by Gasteiger charge is -2.37. The van der Waals surface area contributed by atoms with Crippen molar-refractivity contribution in [2.75, 3.05) is 10.0 Å². The molecule has 0 fully saturated rings. The van der Waals surface area contributed by atoms with Crippen LogP contribution in [0.3, 0.4) is 0 Å². The van der Waals surface area contributed by atoms with Crippen LogP contribution in [0.5, 0.6) is 0 Å². The molecule has 9 heteroatoms. The van der Waals surface area contributed by atoms with Gasteiger partial charge in [0.25, 0.3) is 0 Å². The normalized spacial score (nSPS) is 20.1. The van der Waals surface area contributed by atoms with Gasteiger partial charge in [0.15, 0.2) is 0 Å². The molecule has 1 N–H and O–H groups in total. The molecule has 0 radical (unpaired) electrons. The average molecular weight is 380 g/mol. The van der Waals surface area contributed by atoms with Crippen molar-refractivity contribution in [1.82, 2.24) is 5.28 Å². The monoisotopic (exact) mass is 380 g/mol. The molecule has 0 spiro atoms. The third-order valence-electron chi connectivity index (χ3n) is 4.71. The lowest BCUT2D eigenvalue weighted by atomic mass is 9.92. The molecular formula is C18H14F4N3O2-. The molecule has 27 heavy (non-hydrogen) atoms. The van der Waals surface area contributed by atoms with Gasteiger partial charge in [-0.15, -0.1) is 0 Å². The van der Waals surface area contributed by atoms with Crippen LogP contribution in [0.4, 0.5) is 28.9 Å². The SMILES string of the molecule is CC1Cc2cccc(F)c2N2C1=C([O-])N(c1ccc(C(F)(F)F)cc1)N2O. The number of hydrogen-bond donors (Lipinski definition) is 1. The zero-order chi connectivity index (χ0) is 19.5. The van der Waals surface area contributed by atoms with E-state index in [0.29, 0.717) is 17.3 Å². The number of hydrogen-bond acceptors (Lipinski definition) is 5. The Balaban J connectivity index is 1.79. The van der Waals surface area contributed by atoms with Gasteiger partial charge >= 0.3 is 6.18 Å². The Morgan fingerprint density at radius 1 is 1.07 bits per heavy atom. The summed E-state index contributed by atoms with van der Waals surface area (Å²) in [6.07, 6.45) is -4.12. The van der Waals surface area contributed by atoms with Crippen LogP contribution in [0, 0.1) is 11.7 Å². The zero-order valence-electron chi connectivity index (χ0n) is 14.0. The highest BCUT2D eigenvalue weighted by Crippen LogP contribution is 2.44. The fourth-order valence-electron chi connectivity index (χ4n) is 3.50. The Labute approximate surface area is 151 Å². The maximum atomic E-state index is 14.4. The van der Waals surface area contributed by atoms with Crippen LogP contribution in [0.1, 0.15) is 18.1 Å². The summed E-state index contributed by atoms with van der Waals surface area (Å²) in [6, 6.07) is 8.24. The number of anilines is 2. The molecule has 0 saturated heterocycles. The molecule has 0 saturated carbocycles. The summed E-state index contributed by atoms with van der Waals surface area (Å²) in [5.41, 5.74) is -0.0294. The van der Waals surface area contributed by atoms with E-state index >= 15 is 0 Å². The highest BCUT2D eigenvalue weighted by Gasteiger charge is 2.41. The molecule has 2 aliphatic heterocycles. The maximum absolute atomic E-state index is 14.4. The quantitative estimate of drug-likeness (QED) is 0.769. The van der Waals surface area contributed by atoms with Crippen LogP contribution in [-0.4, -0.2) is 10.5 Å². The van der Waals surface area contributed by atoms with Gasteiger partial charge in [0.1, 0.15) is 11.5 Å². The van der Waals surface area contributed by atoms with E-state index in [1.54, 1.807) is 19.1 Å². The standard InChI is InChI=1S/C18H15F4N3O2/c1-10-9-11-3-2-4-14(19)16(11)24-15(10)17(26)23(25(24)27)13-7-5-12(6-8-13)18(20,21)22/h2-8,10,26-27H,9H2,1H3/p-1. The molecule has 0 aliphatic carbocycles. The topological polar surface area (TPSA) is 53.0 Å². The van der Waals surface area contributed by atoms with Crippen molar-refractivity contribution in [1.29, 1.82) is 0 Å². The first-order chi connectivity index (χ1) is 12.7. The Bertz CT molecular complexity index is 927. The summed E-state index contributed by atoms with van der Waals surface area (Å²) in [6.45, 7) is 1.76. The van der Waals surface area contributed by atoms with Crippen molar-refractivity contribution in [3.05, 3.63) is 71.0 Å². The minimum atomic E-state index is -4.52. The number of nitrogens with zero attached hydrogens (tertiary/aromatic N) is 3. The number of benzene rings is 2. The Morgan fingerprint density at radius 3 is 2.37 bits per heavy atom. The van der Waals surface area contributed by atoms with Crippen molar-refractivity contribution < 1.29 is 27.9 Å². The van der Waals surface area contributed by atoms with Gasteiger partial charge in [-0.3, -0.25) is 5.21 Å². The Hall–Kier alpha value is -2.78. The molecule has 0 aromatic heterocycles. The van der Waals surface area contributed by atoms with E-state index in [1.807, 2.05) is 0 Å². The van der Waals surface area contributed by atoms with Crippen LogP contribution >= 0.6 is 0 Å². The molecule has 4 rings (SSSR count). The highest BCUT2D eigenvalue weighted by molar-refractivity contribution is 5.66. The van der Waals surface area contributed by atoms with E-state index in [1.165, 1.54) is 6.07 Å². The van der Waals surface area contributed by atoms with Gasteiger partial charge in [-0.2, -0.15) is 13.2 Å². The summed E-state index contributed by atoms with van der Waals surface area (Å²) in [7, 11) is 0. The second kappa shape index (κ2) is 5.86. The van der Waals surface area contributed by atoms with Gasteiger partial charge < -0.3 is 5.11 Å². The fourth-order valence-corrected chi connectivity index (χ4v) is 3.50. The van der Waals surface area contributed by atoms with Gasteiger partial charge in [-0.25, -0.2) is 14.4 Å². The number of para-hydroxylation sites is 1. The van der Waals surface area contributed by atoms with Crippen molar-refractivity contribution in [2.45, 2.75) is 19.5 Å². The zero-order valence-corrected chi connectivity index (χ0v) is 14.0. The molecule has 0 amide bonds. The molecule has 2 aromatic carbocycles. The third kappa shape index (κ3) is 2.62. The third-order valence-corrected chi connectivity index (χ3v) is 4.71. The number of allylic oxidation sites excluding steroid dienone is 1. The predicted molar refractivity (Wildman–Crippen MR) is 86.3 cm³/mol. The number of hydrazine groups is 2. The van der Waals surface area contributed by atoms with E-state index in [-0.39, 0.29) is 23.0 Å². The lowest BCUT2D eigenvalue weighted by molar-refractivity contribution is -0.314. The van der Waals surface area contributed by atoms with Gasteiger partial charge in [0.2, 0.25) is 0 Å². The van der Waals surface area contributed by atoms with Gasteiger partial charge in [-0.1, -0.05) is 19.1 Å². The second-order valence-electron chi connectivity index (χ2n) is 6.48. The van der Waals surface area contributed by atoms with Crippen molar-refractivity contribution in [2.24, 2.45) is 5.92 Å². The smallest absolute Gasteiger partial charge is 0.416 e. The number of fused-ring (bicyclic) bond motifs is 3. The average Bonchev–Trinajstić information content (AvgIpc) is 2.86. The van der Waals surface area contributed by atoms with Crippen LogP contribution in [0.2, 0.25) is 0 Å². The predicted octanol–water partition coefficient (Wildman–Crippen LogP) is 3.41. The van der Waals surface area contributed by atoms with E-state index < -0.39 is 23.4 Å². The molecule has 1 atom stereocenters. The van der Waals surface area contributed by atoms with E-state index in [2.05, 4.69) is 0 Å². The van der Waals surface area contributed by atoms with Crippen LogP contribution in [0.25, 0.3) is 0 Å². The second-order valence-corrected chi connectivity index (χ2v) is 6.48. The van der Waals surface area contributed by atoms with Crippen LogP contribution < -0.4 is 15.1 Å². The highest BCUT2D eigenvalue weighted by atomic mass is 19.4. The first-order valence-electron chi connectivity index (χ1n) is 8.15. The van der Waals surface area contributed by atoms with Crippen molar-refractivity contribution in [3.8, 4) is 0 Å². The summed E-state index contributed by atoms with van der Waals surface area (Å²) < 4.78 is 52.7. The molecule has 1 unspecified atom stereocenters. The summed E-state index contributed by atoms with van der Waals surface area (Å²) in [5, 5.41) is 25.8. The fraction of sp³-hybridized carbons (Fsp3) is 0.222. The number of halogens is 4. The van der Waals surface area contributed by atoms with Crippen molar-refractivity contribution in [3.63, 3.8) is 0 Å². The molecule has 2 aromatic rings. The van der Waals surface area contributed by atoms with Crippen molar-refractivity contribution >= 4 is 11.4 Å². The Kier molecular flexibility index (Phi) is 3.83. The molecule has 2 heterocycles. The molecule has 142 valence electrons. The molecule has 0 bridgehead atoms. The lowest BCUT2D eigenvalue weighted by Crippen LogP contribution is -2.47. The van der Waals surface area contributed by atoms with E-state index in [0.717, 1.165) is 34.3 Å². The minimum Gasteiger partial charge on any atom is -0.858 e. The molecular weight excluding hydrogens is 366 g/mol. The Morgan fingerprint density at radius 2 is 1.74 bits per heavy atom.